The average molecular weight is 383 g/mol. The minimum atomic E-state index is 0.559. The summed E-state index contributed by atoms with van der Waals surface area (Å²) in [5, 5.41) is 11.6. The predicted octanol–water partition coefficient (Wildman–Crippen LogP) is 3.22. The van der Waals surface area contributed by atoms with Gasteiger partial charge in [-0.05, 0) is 54.8 Å². The molecule has 27 heavy (non-hydrogen) atoms. The van der Waals surface area contributed by atoms with E-state index in [9.17, 15) is 0 Å². The topological polar surface area (TPSA) is 67.1 Å². The van der Waals surface area contributed by atoms with Crippen molar-refractivity contribution in [1.82, 2.24) is 25.4 Å². The molecule has 1 aromatic carbocycles. The van der Waals surface area contributed by atoms with E-state index in [0.29, 0.717) is 6.54 Å². The summed E-state index contributed by atoms with van der Waals surface area (Å²) in [6.45, 7) is 4.19. The molecule has 6 nitrogen and oxygen atoms in total. The van der Waals surface area contributed by atoms with Crippen LogP contribution >= 0.6 is 11.6 Å². The molecule has 2 heterocycles. The first-order chi connectivity index (χ1) is 13.2. The molecule has 2 aromatic heterocycles. The highest BCUT2D eigenvalue weighted by atomic mass is 35.5. The molecule has 3 aromatic rings. The number of nitrogens with zero attached hydrogens (tertiary/aromatic N) is 4. The number of halogens is 1. The number of aliphatic imine (C=N–C) groups is 1. The standard InChI is InChI=1S/C20H23ClN6/c1-2-22-20(24-11-7-16-5-3-6-18(21)13-16)25-15-17-8-10-23-19(14-17)27-12-4-9-26-27/h3-6,8-10,12-14H,2,7,11,15H2,1H3,(H2,22,24,25). The molecule has 0 aliphatic rings. The predicted molar refractivity (Wildman–Crippen MR) is 109 cm³/mol. The average Bonchev–Trinajstić information content (AvgIpc) is 3.21. The maximum absolute atomic E-state index is 6.04. The summed E-state index contributed by atoms with van der Waals surface area (Å²) in [6, 6.07) is 13.7. The second-order valence-corrected chi connectivity index (χ2v) is 6.41. The highest BCUT2D eigenvalue weighted by Gasteiger charge is 2.02. The zero-order chi connectivity index (χ0) is 18.9. The lowest BCUT2D eigenvalue weighted by Gasteiger charge is -2.11. The fourth-order valence-corrected chi connectivity index (χ4v) is 2.83. The van der Waals surface area contributed by atoms with E-state index in [1.54, 1.807) is 17.1 Å². The fourth-order valence-electron chi connectivity index (χ4n) is 2.62. The van der Waals surface area contributed by atoms with E-state index >= 15 is 0 Å². The van der Waals surface area contributed by atoms with Crippen molar-refractivity contribution in [3.63, 3.8) is 0 Å². The zero-order valence-electron chi connectivity index (χ0n) is 15.3. The lowest BCUT2D eigenvalue weighted by atomic mass is 10.1. The van der Waals surface area contributed by atoms with Crippen LogP contribution in [0.4, 0.5) is 0 Å². The zero-order valence-corrected chi connectivity index (χ0v) is 16.0. The van der Waals surface area contributed by atoms with Crippen LogP contribution in [0.15, 0.2) is 66.0 Å². The molecular weight excluding hydrogens is 360 g/mol. The van der Waals surface area contributed by atoms with Crippen LogP contribution in [0.25, 0.3) is 5.82 Å². The number of nitrogens with one attached hydrogen (secondary N) is 2. The Bertz CT molecular complexity index is 876. The molecule has 0 atom stereocenters. The molecule has 0 unspecified atom stereocenters. The van der Waals surface area contributed by atoms with E-state index in [1.807, 2.05) is 42.6 Å². The molecule has 0 spiro atoms. The number of aromatic nitrogens is 3. The number of benzene rings is 1. The first kappa shape index (κ1) is 18.9. The van der Waals surface area contributed by atoms with Gasteiger partial charge in [0.25, 0.3) is 0 Å². The van der Waals surface area contributed by atoms with E-state index in [2.05, 4.69) is 38.7 Å². The van der Waals surface area contributed by atoms with E-state index < -0.39 is 0 Å². The van der Waals surface area contributed by atoms with Crippen molar-refractivity contribution in [3.8, 4) is 5.82 Å². The van der Waals surface area contributed by atoms with Crippen LogP contribution in [0.3, 0.4) is 0 Å². The summed E-state index contributed by atoms with van der Waals surface area (Å²) < 4.78 is 1.74. The normalized spacial score (nSPS) is 11.4. The Morgan fingerprint density at radius 1 is 1.11 bits per heavy atom. The quantitative estimate of drug-likeness (QED) is 0.486. The van der Waals surface area contributed by atoms with E-state index in [1.165, 1.54) is 5.56 Å². The Kier molecular flexibility index (Phi) is 6.82. The summed E-state index contributed by atoms with van der Waals surface area (Å²) in [4.78, 5) is 9.01. The number of guanidine groups is 1. The molecule has 0 bridgehead atoms. The lowest BCUT2D eigenvalue weighted by Crippen LogP contribution is -2.38. The summed E-state index contributed by atoms with van der Waals surface area (Å²) in [6.07, 6.45) is 6.27. The highest BCUT2D eigenvalue weighted by molar-refractivity contribution is 6.30. The SMILES string of the molecule is CCNC(=NCc1ccnc(-n2cccn2)c1)NCCc1cccc(Cl)c1. The van der Waals surface area contributed by atoms with Gasteiger partial charge in [0.1, 0.15) is 0 Å². The van der Waals surface area contributed by atoms with Gasteiger partial charge >= 0.3 is 0 Å². The molecule has 0 aliphatic carbocycles. The molecule has 0 radical (unpaired) electrons. The maximum Gasteiger partial charge on any atom is 0.191 e. The Morgan fingerprint density at radius 2 is 2.04 bits per heavy atom. The van der Waals surface area contributed by atoms with Gasteiger partial charge in [0.15, 0.2) is 11.8 Å². The van der Waals surface area contributed by atoms with Crippen molar-refractivity contribution < 1.29 is 0 Å². The second kappa shape index (κ2) is 9.73. The molecule has 0 amide bonds. The summed E-state index contributed by atoms with van der Waals surface area (Å²) in [7, 11) is 0. The van der Waals surface area contributed by atoms with Gasteiger partial charge in [0.2, 0.25) is 0 Å². The van der Waals surface area contributed by atoms with Crippen molar-refractivity contribution in [2.24, 2.45) is 4.99 Å². The van der Waals surface area contributed by atoms with Crippen LogP contribution in [0.5, 0.6) is 0 Å². The third-order valence-electron chi connectivity index (χ3n) is 3.91. The molecule has 140 valence electrons. The van der Waals surface area contributed by atoms with Gasteiger partial charge < -0.3 is 10.6 Å². The van der Waals surface area contributed by atoms with Gasteiger partial charge in [0.05, 0.1) is 6.54 Å². The summed E-state index contributed by atoms with van der Waals surface area (Å²) in [5.74, 6) is 1.57. The minimum absolute atomic E-state index is 0.559. The van der Waals surface area contributed by atoms with Crippen LogP contribution in [-0.2, 0) is 13.0 Å². The number of pyridine rings is 1. The van der Waals surface area contributed by atoms with Crippen LogP contribution in [0, 0.1) is 0 Å². The monoisotopic (exact) mass is 382 g/mol. The van der Waals surface area contributed by atoms with Crippen LogP contribution < -0.4 is 10.6 Å². The molecule has 0 fully saturated rings. The first-order valence-electron chi connectivity index (χ1n) is 8.96. The van der Waals surface area contributed by atoms with Gasteiger partial charge in [-0.1, -0.05) is 23.7 Å². The van der Waals surface area contributed by atoms with Crippen molar-refractivity contribution in [2.45, 2.75) is 19.9 Å². The van der Waals surface area contributed by atoms with Gasteiger partial charge in [-0.3, -0.25) is 0 Å². The van der Waals surface area contributed by atoms with Gasteiger partial charge in [-0.15, -0.1) is 0 Å². The fraction of sp³-hybridized carbons (Fsp3) is 0.250. The third kappa shape index (κ3) is 5.82. The third-order valence-corrected chi connectivity index (χ3v) is 4.14. The largest absolute Gasteiger partial charge is 0.357 e. The molecule has 0 saturated heterocycles. The van der Waals surface area contributed by atoms with Crippen molar-refractivity contribution in [2.75, 3.05) is 13.1 Å². The van der Waals surface area contributed by atoms with Gasteiger partial charge in [-0.2, -0.15) is 5.10 Å². The molecule has 3 rings (SSSR count). The Morgan fingerprint density at radius 3 is 2.81 bits per heavy atom. The van der Waals surface area contributed by atoms with Crippen LogP contribution in [-0.4, -0.2) is 33.8 Å². The van der Waals surface area contributed by atoms with E-state index in [0.717, 1.165) is 41.9 Å². The molecular formula is C20H23ClN6. The number of hydrogen-bond acceptors (Lipinski definition) is 3. The van der Waals surface area contributed by atoms with Crippen molar-refractivity contribution in [1.29, 1.82) is 0 Å². The van der Waals surface area contributed by atoms with Crippen molar-refractivity contribution in [3.05, 3.63) is 77.2 Å². The molecule has 2 N–H and O–H groups in total. The molecule has 0 saturated carbocycles. The van der Waals surface area contributed by atoms with Crippen molar-refractivity contribution >= 4 is 17.6 Å². The smallest absolute Gasteiger partial charge is 0.191 e. The van der Waals surface area contributed by atoms with Gasteiger partial charge in [0, 0.05) is 36.7 Å². The Labute approximate surface area is 164 Å². The number of rotatable bonds is 7. The maximum atomic E-state index is 6.04. The first-order valence-corrected chi connectivity index (χ1v) is 9.34. The van der Waals surface area contributed by atoms with E-state index in [4.69, 9.17) is 11.6 Å². The van der Waals surface area contributed by atoms with E-state index in [-0.39, 0.29) is 0 Å². The molecule has 0 aliphatic heterocycles. The Hall–Kier alpha value is -2.86. The second-order valence-electron chi connectivity index (χ2n) is 5.97. The van der Waals surface area contributed by atoms with Crippen LogP contribution in [0.2, 0.25) is 5.02 Å². The minimum Gasteiger partial charge on any atom is -0.357 e. The van der Waals surface area contributed by atoms with Gasteiger partial charge in [-0.25, -0.2) is 14.7 Å². The summed E-state index contributed by atoms with van der Waals surface area (Å²) >= 11 is 6.04. The summed E-state index contributed by atoms with van der Waals surface area (Å²) in [5.41, 5.74) is 2.27. The lowest BCUT2D eigenvalue weighted by molar-refractivity contribution is 0.798. The highest BCUT2D eigenvalue weighted by Crippen LogP contribution is 2.11. The van der Waals surface area contributed by atoms with Crippen LogP contribution in [0.1, 0.15) is 18.1 Å². The molecule has 7 heteroatoms. The Balaban J connectivity index is 1.59. The number of hydrogen-bond donors (Lipinski definition) is 2.